The normalized spacial score (nSPS) is 12.4. The first kappa shape index (κ1) is 13.0. The van der Waals surface area contributed by atoms with Gasteiger partial charge in [0.2, 0.25) is 5.91 Å². The molecule has 0 aromatic heterocycles. The van der Waals surface area contributed by atoms with Crippen LogP contribution in [0.1, 0.15) is 24.9 Å². The number of hydrogen-bond donors (Lipinski definition) is 2. The SMILES string of the molecule is CCC(NOCC(N)=O)c1cccc(Cl)c1. The van der Waals surface area contributed by atoms with Crippen molar-refractivity contribution >= 4 is 17.5 Å². The number of carbonyl (C=O) groups excluding carboxylic acids is 1. The molecule has 0 fully saturated rings. The minimum Gasteiger partial charge on any atom is -0.368 e. The van der Waals surface area contributed by atoms with Crippen LogP contribution in [0.3, 0.4) is 0 Å². The number of nitrogens with two attached hydrogens (primary N) is 1. The highest BCUT2D eigenvalue weighted by Gasteiger charge is 2.09. The maximum absolute atomic E-state index is 10.5. The van der Waals surface area contributed by atoms with Crippen LogP contribution in [0.4, 0.5) is 0 Å². The Labute approximate surface area is 99.7 Å². The molecule has 0 aliphatic carbocycles. The largest absolute Gasteiger partial charge is 0.368 e. The van der Waals surface area contributed by atoms with E-state index in [-0.39, 0.29) is 12.6 Å². The van der Waals surface area contributed by atoms with Gasteiger partial charge >= 0.3 is 0 Å². The molecule has 5 heteroatoms. The van der Waals surface area contributed by atoms with E-state index in [1.54, 1.807) is 0 Å². The van der Waals surface area contributed by atoms with Crippen molar-refractivity contribution in [3.8, 4) is 0 Å². The van der Waals surface area contributed by atoms with Crippen LogP contribution in [0.25, 0.3) is 0 Å². The molecule has 0 aliphatic heterocycles. The molecule has 16 heavy (non-hydrogen) atoms. The smallest absolute Gasteiger partial charge is 0.245 e. The first-order valence-corrected chi connectivity index (χ1v) is 5.42. The molecule has 0 bridgehead atoms. The molecule has 1 aromatic rings. The van der Waals surface area contributed by atoms with Gasteiger partial charge in [-0.15, -0.1) is 0 Å². The van der Waals surface area contributed by atoms with Crippen molar-refractivity contribution in [3.05, 3.63) is 34.9 Å². The van der Waals surface area contributed by atoms with Crippen molar-refractivity contribution < 1.29 is 9.63 Å². The Morgan fingerprint density at radius 1 is 1.62 bits per heavy atom. The minimum absolute atomic E-state index is 0.00181. The number of halogens is 1. The van der Waals surface area contributed by atoms with Gasteiger partial charge in [0.25, 0.3) is 0 Å². The van der Waals surface area contributed by atoms with Crippen molar-refractivity contribution in [3.63, 3.8) is 0 Å². The lowest BCUT2D eigenvalue weighted by atomic mass is 10.1. The summed E-state index contributed by atoms with van der Waals surface area (Å²) in [7, 11) is 0. The number of hydrogen-bond acceptors (Lipinski definition) is 3. The average molecular weight is 243 g/mol. The molecule has 1 rings (SSSR count). The van der Waals surface area contributed by atoms with Gasteiger partial charge in [0.1, 0.15) is 6.61 Å². The number of amides is 1. The Balaban J connectivity index is 2.57. The van der Waals surface area contributed by atoms with Gasteiger partial charge in [-0.05, 0) is 24.1 Å². The molecule has 0 saturated heterocycles. The summed E-state index contributed by atoms with van der Waals surface area (Å²) in [5.41, 5.74) is 8.76. The summed E-state index contributed by atoms with van der Waals surface area (Å²) in [6.07, 6.45) is 0.819. The van der Waals surface area contributed by atoms with Crippen LogP contribution in [-0.4, -0.2) is 12.5 Å². The van der Waals surface area contributed by atoms with E-state index in [1.165, 1.54) is 0 Å². The van der Waals surface area contributed by atoms with Crippen LogP contribution >= 0.6 is 11.6 Å². The monoisotopic (exact) mass is 242 g/mol. The molecule has 0 radical (unpaired) electrons. The molecular weight excluding hydrogens is 228 g/mol. The van der Waals surface area contributed by atoms with Crippen molar-refractivity contribution in [1.82, 2.24) is 5.48 Å². The molecule has 3 N–H and O–H groups in total. The Morgan fingerprint density at radius 3 is 2.94 bits per heavy atom. The predicted octanol–water partition coefficient (Wildman–Crippen LogP) is 1.80. The number of primary amides is 1. The second kappa shape index (κ2) is 6.48. The second-order valence-corrected chi connectivity index (χ2v) is 3.83. The molecule has 1 amide bonds. The topological polar surface area (TPSA) is 64.3 Å². The van der Waals surface area contributed by atoms with E-state index in [0.717, 1.165) is 12.0 Å². The molecule has 4 nitrogen and oxygen atoms in total. The van der Waals surface area contributed by atoms with Gasteiger partial charge in [0, 0.05) is 5.02 Å². The number of nitrogens with one attached hydrogen (secondary N) is 1. The number of carbonyl (C=O) groups is 1. The fraction of sp³-hybridized carbons (Fsp3) is 0.364. The van der Waals surface area contributed by atoms with Crippen molar-refractivity contribution in [1.29, 1.82) is 0 Å². The zero-order chi connectivity index (χ0) is 12.0. The van der Waals surface area contributed by atoms with Crippen LogP contribution in [0.15, 0.2) is 24.3 Å². The first-order valence-electron chi connectivity index (χ1n) is 5.04. The quantitative estimate of drug-likeness (QED) is 0.748. The summed E-state index contributed by atoms with van der Waals surface area (Å²) < 4.78 is 0. The van der Waals surface area contributed by atoms with Gasteiger partial charge in [0.15, 0.2) is 0 Å². The third kappa shape index (κ3) is 4.18. The lowest BCUT2D eigenvalue weighted by Gasteiger charge is -2.16. The van der Waals surface area contributed by atoms with Crippen LogP contribution in [0.5, 0.6) is 0 Å². The highest BCUT2D eigenvalue weighted by molar-refractivity contribution is 6.30. The van der Waals surface area contributed by atoms with E-state index in [2.05, 4.69) is 5.48 Å². The molecule has 0 heterocycles. The summed E-state index contributed by atoms with van der Waals surface area (Å²) in [5, 5.41) is 0.674. The van der Waals surface area contributed by atoms with Gasteiger partial charge in [-0.25, -0.2) is 0 Å². The summed E-state index contributed by atoms with van der Waals surface area (Å²) in [5.74, 6) is -0.506. The average Bonchev–Trinajstić information content (AvgIpc) is 2.24. The molecular formula is C11H15ClN2O2. The second-order valence-electron chi connectivity index (χ2n) is 3.39. The highest BCUT2D eigenvalue weighted by Crippen LogP contribution is 2.20. The number of benzene rings is 1. The van der Waals surface area contributed by atoms with Crippen molar-refractivity contribution in [2.24, 2.45) is 5.73 Å². The predicted molar refractivity (Wildman–Crippen MR) is 62.8 cm³/mol. The van der Waals surface area contributed by atoms with E-state index in [1.807, 2.05) is 31.2 Å². The lowest BCUT2D eigenvalue weighted by Crippen LogP contribution is -2.27. The Kier molecular flexibility index (Phi) is 5.25. The van der Waals surface area contributed by atoms with E-state index >= 15 is 0 Å². The molecule has 0 spiro atoms. The fourth-order valence-corrected chi connectivity index (χ4v) is 1.52. The first-order chi connectivity index (χ1) is 7.63. The summed E-state index contributed by atoms with van der Waals surface area (Å²) in [6.45, 7) is 1.86. The molecule has 1 atom stereocenters. The summed E-state index contributed by atoms with van der Waals surface area (Å²) >= 11 is 5.89. The van der Waals surface area contributed by atoms with Crippen LogP contribution in [0.2, 0.25) is 5.02 Å². The Hall–Kier alpha value is -1.10. The summed E-state index contributed by atoms with van der Waals surface area (Å²) in [6, 6.07) is 7.48. The van der Waals surface area contributed by atoms with E-state index < -0.39 is 5.91 Å². The van der Waals surface area contributed by atoms with E-state index in [0.29, 0.717) is 5.02 Å². The summed E-state index contributed by atoms with van der Waals surface area (Å²) in [4.78, 5) is 15.5. The van der Waals surface area contributed by atoms with Crippen LogP contribution < -0.4 is 11.2 Å². The van der Waals surface area contributed by atoms with E-state index in [4.69, 9.17) is 22.2 Å². The van der Waals surface area contributed by atoms with E-state index in [9.17, 15) is 4.79 Å². The molecule has 1 aromatic carbocycles. The molecule has 0 saturated carbocycles. The number of hydroxylamine groups is 1. The third-order valence-electron chi connectivity index (χ3n) is 2.10. The van der Waals surface area contributed by atoms with Gasteiger partial charge in [0.05, 0.1) is 6.04 Å². The van der Waals surface area contributed by atoms with Gasteiger partial charge in [-0.1, -0.05) is 30.7 Å². The molecule has 88 valence electrons. The van der Waals surface area contributed by atoms with Gasteiger partial charge < -0.3 is 5.73 Å². The highest BCUT2D eigenvalue weighted by atomic mass is 35.5. The maximum atomic E-state index is 10.5. The standard InChI is InChI=1S/C11H15ClN2O2/c1-2-10(14-16-7-11(13)15)8-4-3-5-9(12)6-8/h3-6,10,14H,2,7H2,1H3,(H2,13,15). The number of rotatable bonds is 6. The Morgan fingerprint density at radius 2 is 2.38 bits per heavy atom. The lowest BCUT2D eigenvalue weighted by molar-refractivity contribution is -0.126. The Bertz CT molecular complexity index is 358. The molecule has 1 unspecified atom stereocenters. The van der Waals surface area contributed by atoms with Crippen LogP contribution in [-0.2, 0) is 9.63 Å². The zero-order valence-corrected chi connectivity index (χ0v) is 9.83. The third-order valence-corrected chi connectivity index (χ3v) is 2.33. The van der Waals surface area contributed by atoms with Gasteiger partial charge in [-0.2, -0.15) is 5.48 Å². The molecule has 0 aliphatic rings. The zero-order valence-electron chi connectivity index (χ0n) is 9.07. The van der Waals surface area contributed by atoms with Crippen molar-refractivity contribution in [2.75, 3.05) is 6.61 Å². The minimum atomic E-state index is -0.506. The van der Waals surface area contributed by atoms with Crippen LogP contribution in [0, 0.1) is 0 Å². The fourth-order valence-electron chi connectivity index (χ4n) is 1.32. The maximum Gasteiger partial charge on any atom is 0.245 e. The van der Waals surface area contributed by atoms with Crippen molar-refractivity contribution in [2.45, 2.75) is 19.4 Å². The van der Waals surface area contributed by atoms with Gasteiger partial charge in [-0.3, -0.25) is 9.63 Å².